The number of pyridine rings is 5. The van der Waals surface area contributed by atoms with E-state index >= 15 is 0 Å². The molecular weight excluding hydrogens is 797 g/mol. The van der Waals surface area contributed by atoms with E-state index in [0.717, 1.165) is 34.2 Å². The molecule has 0 spiro atoms. The molecule has 0 N–H and O–H groups in total. The Hall–Kier alpha value is -3.32. The minimum absolute atomic E-state index is 0. The van der Waals surface area contributed by atoms with Gasteiger partial charge in [-0.05, 0) is 60.7 Å². The third-order valence-corrected chi connectivity index (χ3v) is 4.20. The van der Waals surface area contributed by atoms with E-state index in [1.165, 1.54) is 0 Å². The van der Waals surface area contributed by atoms with Gasteiger partial charge in [-0.25, -0.2) is 4.98 Å². The summed E-state index contributed by atoms with van der Waals surface area (Å²) in [6, 6.07) is 29.1. The third-order valence-electron chi connectivity index (χ3n) is 4.20. The molecule has 0 aliphatic heterocycles. The van der Waals surface area contributed by atoms with Crippen LogP contribution in [0.5, 0.6) is 0 Å². The standard InChI is InChI=1S/C15H11N3.C10H8N2.ClH.2F6P.Ru/c1-3-10-16-12(6-1)14-8-5-9-15(18-14)13-7-2-4-11-17-13;1-3-7-11-9(5-1)10-6-2-4-8-12-10;;2*1-7(2,3,4,5)6;/h1-11H;1-8H;1H;;;/q;;;2*-1;+3/p-1. The van der Waals surface area contributed by atoms with Crippen molar-refractivity contribution in [2.75, 3.05) is 0 Å². The van der Waals surface area contributed by atoms with Crippen LogP contribution in [0.4, 0.5) is 50.4 Å². The Kier molecular flexibility index (Phi) is 13.6. The molecule has 0 saturated carbocycles. The van der Waals surface area contributed by atoms with Gasteiger partial charge in [-0.1, -0.05) is 30.3 Å². The molecule has 0 bridgehead atoms. The smallest absolute Gasteiger partial charge is 1.00 e. The molecule has 5 nitrogen and oxygen atoms in total. The zero-order valence-corrected chi connectivity index (χ0v) is 26.7. The van der Waals surface area contributed by atoms with Crippen LogP contribution in [0.3, 0.4) is 0 Å². The summed E-state index contributed by atoms with van der Waals surface area (Å²) in [5, 5.41) is 0. The fourth-order valence-corrected chi connectivity index (χ4v) is 2.78. The van der Waals surface area contributed by atoms with E-state index in [9.17, 15) is 50.4 Å². The van der Waals surface area contributed by atoms with Crippen LogP contribution in [-0.2, 0) is 19.5 Å². The fourth-order valence-electron chi connectivity index (χ4n) is 2.78. The molecule has 0 unspecified atom stereocenters. The average Bonchev–Trinajstić information content (AvgIpc) is 2.92. The second-order valence-corrected chi connectivity index (χ2v) is 12.0. The van der Waals surface area contributed by atoms with Gasteiger partial charge in [0.05, 0.1) is 34.2 Å². The van der Waals surface area contributed by atoms with Gasteiger partial charge >= 0.3 is 85.5 Å². The summed E-state index contributed by atoms with van der Waals surface area (Å²) >= 11 is 0. The minimum Gasteiger partial charge on any atom is -1.00 e. The Bertz CT molecular complexity index is 1480. The summed E-state index contributed by atoms with van der Waals surface area (Å²) in [4.78, 5) is 21.6. The van der Waals surface area contributed by atoms with Crippen LogP contribution in [0.25, 0.3) is 34.2 Å². The van der Waals surface area contributed by atoms with Gasteiger partial charge in [0.15, 0.2) is 0 Å². The quantitative estimate of drug-likeness (QED) is 0.103. The van der Waals surface area contributed by atoms with E-state index < -0.39 is 15.6 Å². The second-order valence-electron chi connectivity index (χ2n) is 8.18. The molecule has 0 aliphatic rings. The Labute approximate surface area is 272 Å². The summed E-state index contributed by atoms with van der Waals surface area (Å²) in [7, 11) is -21.3. The number of rotatable bonds is 3. The molecule has 5 aromatic heterocycles. The van der Waals surface area contributed by atoms with E-state index in [-0.39, 0.29) is 31.9 Å². The maximum absolute atomic E-state index is 10.7. The van der Waals surface area contributed by atoms with Crippen molar-refractivity contribution in [3.8, 4) is 34.2 Å². The molecule has 0 amide bonds. The Morgan fingerprint density at radius 1 is 0.326 bits per heavy atom. The first-order chi connectivity index (χ1) is 19.8. The maximum Gasteiger partial charge on any atom is 3.00 e. The molecule has 0 aromatic carbocycles. The van der Waals surface area contributed by atoms with Crippen LogP contribution >= 0.6 is 15.6 Å². The molecule has 1 radical (unpaired) electrons. The largest absolute Gasteiger partial charge is 3.00 e. The first kappa shape index (κ1) is 42.7. The number of halogens is 13. The van der Waals surface area contributed by atoms with Gasteiger partial charge in [0.25, 0.3) is 0 Å². The van der Waals surface area contributed by atoms with E-state index in [1.807, 2.05) is 91.0 Å². The Morgan fingerprint density at radius 3 is 0.717 bits per heavy atom. The summed E-state index contributed by atoms with van der Waals surface area (Å²) in [5.74, 6) is 0. The van der Waals surface area contributed by atoms with Crippen molar-refractivity contribution in [3.63, 3.8) is 0 Å². The number of hydrogen-bond donors (Lipinski definition) is 0. The van der Waals surface area contributed by atoms with Gasteiger partial charge in [-0.3, -0.25) is 19.9 Å². The molecule has 0 saturated heterocycles. The third kappa shape index (κ3) is 24.9. The molecule has 5 aromatic rings. The van der Waals surface area contributed by atoms with Crippen molar-refractivity contribution >= 4 is 15.6 Å². The normalized spacial score (nSPS) is 13.6. The summed E-state index contributed by atoms with van der Waals surface area (Å²) < 4.78 is 118. The molecule has 5 rings (SSSR count). The zero-order valence-electron chi connectivity index (χ0n) is 22.4. The monoisotopic (exact) mass is 816 g/mol. The van der Waals surface area contributed by atoms with Crippen molar-refractivity contribution in [1.82, 2.24) is 24.9 Å². The number of hydrogen-bond acceptors (Lipinski definition) is 5. The Morgan fingerprint density at radius 2 is 0.522 bits per heavy atom. The van der Waals surface area contributed by atoms with E-state index in [0.29, 0.717) is 0 Å². The van der Waals surface area contributed by atoms with E-state index in [4.69, 9.17) is 0 Å². The van der Waals surface area contributed by atoms with Crippen molar-refractivity contribution in [3.05, 3.63) is 116 Å². The van der Waals surface area contributed by atoms with E-state index in [1.54, 1.807) is 24.8 Å². The van der Waals surface area contributed by atoms with Crippen LogP contribution < -0.4 is 12.4 Å². The predicted octanol–water partition coefficient (Wildman–Crippen LogP) is 9.12. The SMILES string of the molecule is F[P-](F)(F)(F)(F)F.F[P-](F)(F)(F)(F)F.[Cl-].[Ru+3].c1ccc(-c2cccc(-c3ccccn3)n2)nc1.c1ccc(-c2ccccn2)nc1. The first-order valence-electron chi connectivity index (χ1n) is 11.6. The van der Waals surface area contributed by atoms with Gasteiger partial charge in [0.2, 0.25) is 0 Å². The molecule has 0 atom stereocenters. The van der Waals surface area contributed by atoms with Gasteiger partial charge in [0, 0.05) is 24.8 Å². The fraction of sp³-hybridized carbons (Fsp3) is 0. The van der Waals surface area contributed by atoms with Crippen molar-refractivity contribution < 1.29 is 82.2 Å². The van der Waals surface area contributed by atoms with Crippen molar-refractivity contribution in [2.45, 2.75) is 0 Å². The minimum atomic E-state index is -10.7. The van der Waals surface area contributed by atoms with Gasteiger partial charge in [-0.2, -0.15) is 0 Å². The van der Waals surface area contributed by atoms with Gasteiger partial charge in [0.1, 0.15) is 0 Å². The van der Waals surface area contributed by atoms with E-state index in [2.05, 4.69) is 24.9 Å². The predicted molar refractivity (Wildman–Crippen MR) is 145 cm³/mol. The van der Waals surface area contributed by atoms with Gasteiger partial charge in [-0.15, -0.1) is 0 Å². The molecule has 0 fully saturated rings. The number of nitrogens with zero attached hydrogens (tertiary/aromatic N) is 5. The van der Waals surface area contributed by atoms with Crippen molar-refractivity contribution in [1.29, 1.82) is 0 Å². The van der Waals surface area contributed by atoms with Crippen molar-refractivity contribution in [2.24, 2.45) is 0 Å². The molecule has 46 heavy (non-hydrogen) atoms. The molecule has 5 heterocycles. The van der Waals surface area contributed by atoms with Crippen LogP contribution in [0.2, 0.25) is 0 Å². The first-order valence-corrected chi connectivity index (χ1v) is 15.6. The van der Waals surface area contributed by atoms with Crippen LogP contribution in [0, 0.1) is 0 Å². The van der Waals surface area contributed by atoms with Crippen LogP contribution in [-0.4, -0.2) is 24.9 Å². The molecule has 0 aliphatic carbocycles. The molecule has 21 heteroatoms. The summed E-state index contributed by atoms with van der Waals surface area (Å²) in [6.07, 6.45) is 7.07. The topological polar surface area (TPSA) is 64.5 Å². The molecular formula is C25H19ClF12N5P2Ru. The second kappa shape index (κ2) is 14.6. The summed E-state index contributed by atoms with van der Waals surface area (Å²) in [5.41, 5.74) is 5.29. The Balaban J connectivity index is 0.000000632. The maximum atomic E-state index is 9.87. The number of aromatic nitrogens is 5. The van der Waals surface area contributed by atoms with Crippen LogP contribution in [0.15, 0.2) is 116 Å². The zero-order chi connectivity index (χ0) is 33.3. The molecule has 253 valence electrons. The summed E-state index contributed by atoms with van der Waals surface area (Å²) in [6.45, 7) is 0. The average molecular weight is 816 g/mol. The van der Waals surface area contributed by atoms with Crippen LogP contribution in [0.1, 0.15) is 0 Å². The van der Waals surface area contributed by atoms with Gasteiger partial charge < -0.3 is 12.4 Å².